The van der Waals surface area contributed by atoms with Crippen molar-refractivity contribution in [3.05, 3.63) is 35.9 Å². The van der Waals surface area contributed by atoms with Gasteiger partial charge >= 0.3 is 0 Å². The molecule has 1 heteroatoms. The second-order valence-electron chi connectivity index (χ2n) is 5.38. The molecule has 90 valence electrons. The van der Waals surface area contributed by atoms with Crippen LogP contribution in [0.4, 0.5) is 0 Å². The predicted octanol–water partition coefficient (Wildman–Crippen LogP) is 3.87. The molecule has 17 heavy (non-hydrogen) atoms. The average Bonchev–Trinajstić information content (AvgIpc) is 2.41. The molecule has 0 amide bonds. The molecule has 0 radical (unpaired) electrons. The van der Waals surface area contributed by atoms with E-state index in [1.165, 1.54) is 5.56 Å². The van der Waals surface area contributed by atoms with Crippen molar-refractivity contribution in [1.29, 1.82) is 0 Å². The maximum atomic E-state index is 11.8. The summed E-state index contributed by atoms with van der Waals surface area (Å²) in [5, 5.41) is 0. The minimum Gasteiger partial charge on any atom is -0.300 e. The van der Waals surface area contributed by atoms with E-state index in [0.29, 0.717) is 19.3 Å². The van der Waals surface area contributed by atoms with Crippen molar-refractivity contribution in [2.75, 3.05) is 0 Å². The first-order chi connectivity index (χ1) is 9.05. The minimum atomic E-state index is -1.20. The summed E-state index contributed by atoms with van der Waals surface area (Å²) in [7, 11) is 0. The van der Waals surface area contributed by atoms with Gasteiger partial charge in [0.25, 0.3) is 0 Å². The van der Waals surface area contributed by atoms with Crippen LogP contribution in [0.15, 0.2) is 30.3 Å². The SMILES string of the molecule is [2H]C1([2H])CCCC2(c3ccccc3)CCC(=O)CC12. The lowest BCUT2D eigenvalue weighted by Gasteiger charge is -2.47. The molecule has 0 heterocycles. The molecule has 1 aromatic rings. The summed E-state index contributed by atoms with van der Waals surface area (Å²) in [6, 6.07) is 10.3. The van der Waals surface area contributed by atoms with Gasteiger partial charge in [0.2, 0.25) is 0 Å². The monoisotopic (exact) mass is 230 g/mol. The number of carbonyl (C=O) groups excluding carboxylic acids is 1. The second-order valence-corrected chi connectivity index (χ2v) is 5.38. The molecule has 2 fully saturated rings. The number of benzene rings is 1. The molecule has 2 aliphatic carbocycles. The Morgan fingerprint density at radius 1 is 1.18 bits per heavy atom. The Labute approximate surface area is 106 Å². The maximum absolute atomic E-state index is 11.8. The molecule has 0 aromatic heterocycles. The summed E-state index contributed by atoms with van der Waals surface area (Å²) in [6.45, 7) is 0. The number of fused-ring (bicyclic) bond motifs is 1. The van der Waals surface area contributed by atoms with Gasteiger partial charge < -0.3 is 0 Å². The lowest BCUT2D eigenvalue weighted by Crippen LogP contribution is -2.43. The fraction of sp³-hybridized carbons (Fsp3) is 0.562. The highest BCUT2D eigenvalue weighted by atomic mass is 16.1. The molecule has 0 N–H and O–H groups in total. The van der Waals surface area contributed by atoms with Crippen LogP contribution in [0.5, 0.6) is 0 Å². The first kappa shape index (κ1) is 8.91. The topological polar surface area (TPSA) is 17.1 Å². The summed E-state index contributed by atoms with van der Waals surface area (Å²) >= 11 is 0. The average molecular weight is 230 g/mol. The molecule has 2 saturated carbocycles. The van der Waals surface area contributed by atoms with Crippen LogP contribution in [-0.4, -0.2) is 5.78 Å². The largest absolute Gasteiger partial charge is 0.300 e. The number of rotatable bonds is 1. The van der Waals surface area contributed by atoms with E-state index >= 15 is 0 Å². The smallest absolute Gasteiger partial charge is 0.133 e. The summed E-state index contributed by atoms with van der Waals surface area (Å²) in [5.41, 5.74) is 1.12. The first-order valence-corrected chi connectivity index (χ1v) is 6.62. The number of hydrogen-bond acceptors (Lipinski definition) is 1. The maximum Gasteiger partial charge on any atom is 0.133 e. The van der Waals surface area contributed by atoms with Gasteiger partial charge in [0, 0.05) is 15.6 Å². The molecule has 0 spiro atoms. The van der Waals surface area contributed by atoms with Gasteiger partial charge in [-0.3, -0.25) is 4.79 Å². The molecule has 1 aromatic carbocycles. The summed E-state index contributed by atoms with van der Waals surface area (Å²) in [5.74, 6) is 0.0970. The molecule has 2 unspecified atom stereocenters. The van der Waals surface area contributed by atoms with E-state index in [0.717, 1.165) is 19.3 Å². The van der Waals surface area contributed by atoms with Crippen LogP contribution in [0.3, 0.4) is 0 Å². The first-order valence-electron chi connectivity index (χ1n) is 7.62. The van der Waals surface area contributed by atoms with Crippen LogP contribution in [0.2, 0.25) is 0 Å². The van der Waals surface area contributed by atoms with Crippen LogP contribution in [0, 0.1) is 5.92 Å². The quantitative estimate of drug-likeness (QED) is 0.716. The van der Waals surface area contributed by atoms with Gasteiger partial charge in [0.15, 0.2) is 0 Å². The van der Waals surface area contributed by atoms with Crippen LogP contribution >= 0.6 is 0 Å². The van der Waals surface area contributed by atoms with Gasteiger partial charge in [-0.05, 0) is 36.1 Å². The van der Waals surface area contributed by atoms with E-state index in [9.17, 15) is 4.79 Å². The van der Waals surface area contributed by atoms with Crippen molar-refractivity contribution < 1.29 is 7.54 Å². The highest BCUT2D eigenvalue weighted by Gasteiger charge is 2.45. The Bertz CT molecular complexity index is 483. The van der Waals surface area contributed by atoms with E-state index in [-0.39, 0.29) is 17.1 Å². The van der Waals surface area contributed by atoms with E-state index in [1.54, 1.807) is 0 Å². The van der Waals surface area contributed by atoms with Crippen molar-refractivity contribution in [2.45, 2.75) is 50.3 Å². The standard InChI is InChI=1S/C16H20O/c17-15-9-11-16(13-6-2-1-3-7-13)10-5-4-8-14(16)12-15/h1-3,6-7,14H,4-5,8-12H2/i8D2. The highest BCUT2D eigenvalue weighted by molar-refractivity contribution is 5.80. The van der Waals surface area contributed by atoms with E-state index < -0.39 is 6.37 Å². The number of Topliss-reactive ketones (excluding diaryl/α,β-unsaturated/α-hetero) is 1. The zero-order valence-electron chi connectivity index (χ0n) is 12.1. The molecule has 3 rings (SSSR count). The zero-order chi connectivity index (χ0) is 13.5. The molecule has 0 aliphatic heterocycles. The Kier molecular flexibility index (Phi) is 2.25. The third-order valence-electron chi connectivity index (χ3n) is 4.49. The Morgan fingerprint density at radius 2 is 2.00 bits per heavy atom. The lowest BCUT2D eigenvalue weighted by molar-refractivity contribution is -0.124. The van der Waals surface area contributed by atoms with Gasteiger partial charge in [-0.1, -0.05) is 43.2 Å². The van der Waals surface area contributed by atoms with E-state index in [2.05, 4.69) is 12.1 Å². The molecular formula is C16H20O. The van der Waals surface area contributed by atoms with Gasteiger partial charge in [-0.2, -0.15) is 0 Å². The number of ketones is 1. The van der Waals surface area contributed by atoms with Crippen molar-refractivity contribution >= 4 is 5.78 Å². The summed E-state index contributed by atoms with van der Waals surface area (Å²) in [4.78, 5) is 11.8. The van der Waals surface area contributed by atoms with Gasteiger partial charge in [0.05, 0.1) is 0 Å². The Morgan fingerprint density at radius 3 is 2.82 bits per heavy atom. The van der Waals surface area contributed by atoms with Crippen molar-refractivity contribution in [1.82, 2.24) is 0 Å². The lowest BCUT2D eigenvalue weighted by atomic mass is 9.56. The van der Waals surface area contributed by atoms with Crippen molar-refractivity contribution in [3.63, 3.8) is 0 Å². The predicted molar refractivity (Wildman–Crippen MR) is 68.9 cm³/mol. The van der Waals surface area contributed by atoms with Crippen LogP contribution in [0.25, 0.3) is 0 Å². The summed E-state index contributed by atoms with van der Waals surface area (Å²) < 4.78 is 16.7. The Hall–Kier alpha value is -1.11. The summed E-state index contributed by atoms with van der Waals surface area (Å²) in [6.07, 6.45) is 3.19. The third-order valence-corrected chi connectivity index (χ3v) is 4.49. The minimum absolute atomic E-state index is 0.114. The highest BCUT2D eigenvalue weighted by Crippen LogP contribution is 2.51. The van der Waals surface area contributed by atoms with Crippen LogP contribution < -0.4 is 0 Å². The molecular weight excluding hydrogens is 208 g/mol. The second kappa shape index (κ2) is 4.29. The fourth-order valence-electron chi connectivity index (χ4n) is 3.57. The normalized spacial score (nSPS) is 37.9. The zero-order valence-corrected chi connectivity index (χ0v) is 10.1. The fourth-order valence-corrected chi connectivity index (χ4v) is 3.57. The Balaban J connectivity index is 2.07. The third kappa shape index (κ3) is 1.82. The molecule has 0 bridgehead atoms. The molecule has 0 saturated heterocycles. The van der Waals surface area contributed by atoms with Gasteiger partial charge in [-0.15, -0.1) is 0 Å². The molecule has 1 nitrogen and oxygen atoms in total. The molecule has 2 atom stereocenters. The van der Waals surface area contributed by atoms with Crippen LogP contribution in [-0.2, 0) is 10.2 Å². The van der Waals surface area contributed by atoms with Crippen molar-refractivity contribution in [2.24, 2.45) is 5.92 Å². The van der Waals surface area contributed by atoms with Gasteiger partial charge in [-0.25, -0.2) is 0 Å². The van der Waals surface area contributed by atoms with E-state index in [1.807, 2.05) is 18.2 Å². The molecule has 2 aliphatic rings. The van der Waals surface area contributed by atoms with Crippen LogP contribution in [0.1, 0.15) is 53.2 Å². The van der Waals surface area contributed by atoms with Gasteiger partial charge in [0.1, 0.15) is 5.78 Å². The van der Waals surface area contributed by atoms with E-state index in [4.69, 9.17) is 2.74 Å². The number of hydrogen-bond donors (Lipinski definition) is 0. The van der Waals surface area contributed by atoms with Crippen molar-refractivity contribution in [3.8, 4) is 0 Å². The number of carbonyl (C=O) groups is 1.